The second-order valence-corrected chi connectivity index (χ2v) is 35.0. The second kappa shape index (κ2) is 42.7. The van der Waals surface area contributed by atoms with Gasteiger partial charge in [-0.25, -0.2) is 30.3 Å². The highest BCUT2D eigenvalue weighted by Crippen LogP contribution is 2.48. The van der Waals surface area contributed by atoms with Crippen LogP contribution in [0.5, 0.6) is 0 Å². The van der Waals surface area contributed by atoms with Gasteiger partial charge in [-0.1, -0.05) is 358 Å². The molecule has 12 heteroatoms. The topological polar surface area (TPSA) is 122 Å². The quantitative estimate of drug-likeness (QED) is 0.0542. The fraction of sp³-hybridized carbons (Fsp3) is 0.0698. The molecule has 0 amide bonds. The van der Waals surface area contributed by atoms with E-state index in [0.717, 1.165) is 95.7 Å². The lowest BCUT2D eigenvalue weighted by Gasteiger charge is -2.36. The first-order valence-corrected chi connectivity index (χ1v) is 46.6. The van der Waals surface area contributed by atoms with E-state index in [-0.39, 0.29) is 17.1 Å². The van der Waals surface area contributed by atoms with Gasteiger partial charge < -0.3 is 28.9 Å². The smallest absolute Gasteiger partial charge is 0.265 e. The van der Waals surface area contributed by atoms with Crippen LogP contribution in [-0.2, 0) is 31.0 Å². The Balaban J connectivity index is 0.000000140. The Kier molecular flexibility index (Phi) is 27.9. The Morgan fingerprint density at radius 3 is 0.787 bits per heavy atom. The van der Waals surface area contributed by atoms with Crippen LogP contribution >= 0.6 is 0 Å². The summed E-state index contributed by atoms with van der Waals surface area (Å²) in [5, 5.41) is 36.0. The van der Waals surface area contributed by atoms with Gasteiger partial charge in [-0.2, -0.15) is 0 Å². The average molecular weight is 1820 g/mol. The van der Waals surface area contributed by atoms with E-state index >= 15 is 0 Å². The Labute approximate surface area is 824 Å². The molecule has 20 rings (SSSR count). The number of hydrogen-bond acceptors (Lipinski definition) is 9. The number of ether oxygens (including phenoxy) is 3. The molecule has 0 fully saturated rings. The molecule has 0 aromatic heterocycles. The van der Waals surface area contributed by atoms with Gasteiger partial charge in [-0.05, 0) is 237 Å². The van der Waals surface area contributed by atoms with Crippen molar-refractivity contribution in [3.8, 4) is 40.5 Å². The summed E-state index contributed by atoms with van der Waals surface area (Å²) in [5.74, 6) is 1.81. The van der Waals surface area contributed by atoms with Crippen molar-refractivity contribution in [1.29, 1.82) is 15.8 Å². The normalized spacial score (nSPS) is 16.9. The summed E-state index contributed by atoms with van der Waals surface area (Å²) in [7, 11) is 0. The molecule has 3 atom stereocenters. The highest BCUT2D eigenvalue weighted by atomic mass is 16.5. The van der Waals surface area contributed by atoms with Gasteiger partial charge in [0.05, 0.1) is 55.0 Å². The van der Waals surface area contributed by atoms with E-state index < -0.39 is 16.8 Å². The fourth-order valence-corrected chi connectivity index (χ4v) is 18.5. The summed E-state index contributed by atoms with van der Waals surface area (Å²) in [4.78, 5) is 17.3. The number of anilines is 9. The molecule has 0 aliphatic carbocycles. The van der Waals surface area contributed by atoms with Crippen molar-refractivity contribution in [2.75, 3.05) is 14.7 Å². The van der Waals surface area contributed by atoms with Crippen molar-refractivity contribution in [2.45, 2.75) is 56.8 Å². The Hall–Kier alpha value is -19.1. The van der Waals surface area contributed by atoms with Crippen molar-refractivity contribution < 1.29 is 14.2 Å². The number of nitriles is 3. The molecule has 0 N–H and O–H groups in total. The molecule has 0 radical (unpaired) electrons. The first-order chi connectivity index (χ1) is 69.2. The van der Waals surface area contributed by atoms with Gasteiger partial charge in [-0.15, -0.1) is 0 Å². The zero-order valence-corrected chi connectivity index (χ0v) is 78.1. The van der Waals surface area contributed by atoms with E-state index in [1.54, 1.807) is 0 Å². The third-order valence-corrected chi connectivity index (χ3v) is 25.6. The number of hydrogen-bond donors (Lipinski definition) is 0. The molecule has 17 aromatic carbocycles. The largest absolute Gasteiger partial charge is 0.483 e. The first-order valence-electron chi connectivity index (χ1n) is 46.6. The third kappa shape index (κ3) is 21.1. The summed E-state index contributed by atoms with van der Waals surface area (Å²) in [6, 6.07) is 155. The highest BCUT2D eigenvalue weighted by molar-refractivity contribution is 6.05. The van der Waals surface area contributed by atoms with Crippen LogP contribution in [0.3, 0.4) is 0 Å². The summed E-state index contributed by atoms with van der Waals surface area (Å²) in [5.41, 5.74) is 20.5. The predicted octanol–water partition coefficient (Wildman–Crippen LogP) is 34.1. The minimum Gasteiger partial charge on any atom is -0.483 e. The Bertz CT molecular complexity index is 7810. The molecule has 3 heterocycles. The summed E-state index contributed by atoms with van der Waals surface area (Å²) in [6.07, 6.45) is 18.5. The minimum atomic E-state index is -0.714. The van der Waals surface area contributed by atoms with Crippen molar-refractivity contribution in [3.63, 3.8) is 0 Å². The van der Waals surface area contributed by atoms with Gasteiger partial charge >= 0.3 is 0 Å². The fourth-order valence-electron chi connectivity index (χ4n) is 18.5. The third-order valence-electron chi connectivity index (χ3n) is 25.6. The van der Waals surface area contributed by atoms with Crippen LogP contribution in [0, 0.1) is 53.7 Å². The van der Waals surface area contributed by atoms with Crippen molar-refractivity contribution in [1.82, 2.24) is 0 Å². The van der Waals surface area contributed by atoms with Gasteiger partial charge in [0.1, 0.15) is 34.1 Å². The van der Waals surface area contributed by atoms with Crippen LogP contribution in [0.25, 0.3) is 87.3 Å². The van der Waals surface area contributed by atoms with E-state index in [0.29, 0.717) is 53.3 Å². The maximum atomic E-state index is 9.67. The zero-order valence-electron chi connectivity index (χ0n) is 78.1. The average Bonchev–Trinajstić information content (AvgIpc) is 0.769. The molecule has 0 saturated carbocycles. The number of benzene rings is 17. The van der Waals surface area contributed by atoms with Crippen molar-refractivity contribution in [3.05, 3.63) is 586 Å². The number of nitrogens with zero attached hydrogens (tertiary/aromatic N) is 9. The van der Waals surface area contributed by atoms with E-state index in [1.807, 2.05) is 185 Å². The molecule has 3 aliphatic heterocycles. The summed E-state index contributed by atoms with van der Waals surface area (Å²) in [6.45, 7) is 28.6. The minimum absolute atomic E-state index is 0.0874. The molecule has 3 aliphatic rings. The van der Waals surface area contributed by atoms with Gasteiger partial charge in [-0.3, -0.25) is 0 Å². The lowest BCUT2D eigenvalue weighted by atomic mass is 9.85. The predicted molar refractivity (Wildman–Crippen MR) is 574 cm³/mol. The Morgan fingerprint density at radius 2 is 0.489 bits per heavy atom. The number of fused-ring (bicyclic) bond motifs is 3. The van der Waals surface area contributed by atoms with E-state index in [2.05, 4.69) is 369 Å². The lowest BCUT2D eigenvalue weighted by molar-refractivity contribution is 0.0140. The summed E-state index contributed by atoms with van der Waals surface area (Å²) < 4.78 is 19.6. The molecular weight excluding hydrogens is 1720 g/mol. The maximum absolute atomic E-state index is 9.67. The lowest BCUT2D eigenvalue weighted by Crippen LogP contribution is -2.29. The molecule has 0 bridgehead atoms. The summed E-state index contributed by atoms with van der Waals surface area (Å²) >= 11 is 0. The molecule has 17 aromatic rings. The molecule has 674 valence electrons. The van der Waals surface area contributed by atoms with Crippen molar-refractivity contribution in [2.24, 2.45) is 0 Å². The Morgan fingerprint density at radius 1 is 0.255 bits per heavy atom. The molecule has 3 unspecified atom stereocenters. The number of para-hydroxylation sites is 1. The SMILES string of the molecule is [C-]#[N+]/C(C#N)=C1C=C(/C=C/c2ccc(N(c3ccc(-c4ccccc4)cc3)c3ccc(-c4ccccc4)cc3)cc2)OC(C)(c2ccccc2)C/1.[C-]#[N+]/C(C#N)=C1C=C(/C=C/c2ccc(N(c3cccc4ccccc34)c3cccc4ccccc34)cc2)OC(C)(c2ccccc2)C\1.[C-]#[N+]/C(C#N)=C1C=C(/C=C/c2ccc(N(c3ccccc3)c3cccc4ccccc34)cc2)OC(C)(c2ccccc2)C/1. The van der Waals surface area contributed by atoms with Gasteiger partial charge in [0.15, 0.2) is 0 Å². The molecule has 0 spiro atoms. The number of rotatable bonds is 20. The van der Waals surface area contributed by atoms with Crippen molar-refractivity contribution >= 4 is 102 Å². The maximum Gasteiger partial charge on any atom is 0.265 e. The van der Waals surface area contributed by atoms with Crippen LogP contribution in [0.15, 0.2) is 518 Å². The highest BCUT2D eigenvalue weighted by Gasteiger charge is 2.38. The molecule has 12 nitrogen and oxygen atoms in total. The van der Waals surface area contributed by atoms with Crippen LogP contribution in [0.4, 0.5) is 51.2 Å². The monoisotopic (exact) mass is 1820 g/mol. The van der Waals surface area contributed by atoms with E-state index in [1.165, 1.54) is 43.4 Å². The molecule has 0 saturated heterocycles. The first kappa shape index (κ1) is 92.4. The van der Waals surface area contributed by atoms with E-state index in [9.17, 15) is 15.8 Å². The second-order valence-electron chi connectivity index (χ2n) is 35.0. The van der Waals surface area contributed by atoms with Crippen LogP contribution in [-0.4, -0.2) is 0 Å². The molecule has 141 heavy (non-hydrogen) atoms. The molecular formula is C129H95N9O3. The number of allylic oxidation sites excluding steroid dienone is 9. The van der Waals surface area contributed by atoms with Gasteiger partial charge in [0, 0.05) is 69.5 Å². The van der Waals surface area contributed by atoms with Gasteiger partial charge in [0.25, 0.3) is 17.1 Å². The van der Waals surface area contributed by atoms with Crippen LogP contribution < -0.4 is 14.7 Å². The van der Waals surface area contributed by atoms with Gasteiger partial charge in [0.2, 0.25) is 0 Å². The van der Waals surface area contributed by atoms with Crippen LogP contribution in [0.2, 0.25) is 0 Å². The van der Waals surface area contributed by atoms with E-state index in [4.69, 9.17) is 33.9 Å². The zero-order chi connectivity index (χ0) is 96.9. The van der Waals surface area contributed by atoms with Crippen LogP contribution in [0.1, 0.15) is 73.4 Å². The standard InChI is InChI=1S/C47H35N3O.C43H31N3O.C39H29N3O/c1-47(41-16-10-5-11-17-41)33-40(46(34-48)49-2)32-45(51-47)31-20-35-18-25-42(26-19-35)50(43-27-21-38(22-28-43)36-12-6-3-7-13-36)44-29-23-39(24-30-44)37-14-8-4-9-15-37;1-43(35-16-4-3-5-17-35)29-34(40(30-44)45-2)28-37(47-43)27-24-31-22-25-36(26-23-31)46(41-20-10-14-32-12-6-8-18-38(32)41)42-21-11-15-33-13-7-9-19-39(33)42;1-39(32-14-5-3-6-15-32)27-31(37(28-40)41-2)26-35(43-39)25-22-29-20-23-34(24-21-29)42(33-16-7-4-8-17-33)38-19-11-13-30-12-9-10-18-36(30)38/h3-32H,33H2,1H3;3-28H,29H2,1H3;3-26H,27H2,1H3/b31-20+,46-40-;27-24+,40-34+;25-22+,37-31-.